The van der Waals surface area contributed by atoms with Gasteiger partial charge in [0, 0.05) is 20.1 Å². The summed E-state index contributed by atoms with van der Waals surface area (Å²) in [6.45, 7) is 7.25. The molecule has 110 valence electrons. The topological polar surface area (TPSA) is 68.3 Å². The number of nitrogens with two attached hydrogens (primary N) is 1. The lowest BCUT2D eigenvalue weighted by Crippen LogP contribution is -2.20. The zero-order valence-electron chi connectivity index (χ0n) is 12.7. The molecule has 0 unspecified atom stereocenters. The molecule has 0 aliphatic carbocycles. The van der Waals surface area contributed by atoms with Crippen LogP contribution in [0.3, 0.4) is 0 Å². The van der Waals surface area contributed by atoms with Crippen molar-refractivity contribution in [1.29, 1.82) is 0 Å². The van der Waals surface area contributed by atoms with Gasteiger partial charge in [-0.05, 0) is 20.0 Å². The maximum atomic E-state index is 6.09. The summed E-state index contributed by atoms with van der Waals surface area (Å²) < 4.78 is 7.32. The van der Waals surface area contributed by atoms with E-state index in [9.17, 15) is 0 Å². The highest BCUT2D eigenvalue weighted by molar-refractivity contribution is 5.65. The molecule has 0 fully saturated rings. The molecule has 1 aromatic heterocycles. The Hall–Kier alpha value is -1.27. The Balaban J connectivity index is 2.37. The Bertz CT molecular complexity index is 387. The van der Waals surface area contributed by atoms with Gasteiger partial charge in [-0.2, -0.15) is 5.10 Å². The van der Waals surface area contributed by atoms with Gasteiger partial charge in [0.2, 0.25) is 0 Å². The van der Waals surface area contributed by atoms with E-state index in [4.69, 9.17) is 10.5 Å². The normalized spacial score (nSPS) is 11.5. The van der Waals surface area contributed by atoms with E-state index in [0.29, 0.717) is 12.5 Å². The molecule has 6 nitrogen and oxygen atoms in total. The number of aromatic nitrogens is 2. The number of rotatable bonds is 8. The van der Waals surface area contributed by atoms with E-state index in [0.717, 1.165) is 36.9 Å². The van der Waals surface area contributed by atoms with E-state index in [1.165, 1.54) is 0 Å². The van der Waals surface area contributed by atoms with Gasteiger partial charge in [0.25, 0.3) is 0 Å². The summed E-state index contributed by atoms with van der Waals surface area (Å²) in [4.78, 5) is 2.10. The first-order valence-electron chi connectivity index (χ1n) is 6.72. The Labute approximate surface area is 115 Å². The number of ether oxygens (including phenoxy) is 1. The molecule has 0 saturated heterocycles. The fourth-order valence-electron chi connectivity index (χ4n) is 1.79. The van der Waals surface area contributed by atoms with Crippen molar-refractivity contribution in [2.75, 3.05) is 51.4 Å². The molecule has 3 N–H and O–H groups in total. The van der Waals surface area contributed by atoms with Crippen LogP contribution >= 0.6 is 0 Å². The average Bonchev–Trinajstić information content (AvgIpc) is 2.60. The molecule has 0 aliphatic heterocycles. The molecular formula is C13H27N5O. The number of likely N-dealkylation sites (N-methyl/N-ethyl adjacent to an activating group) is 1. The fourth-order valence-corrected chi connectivity index (χ4v) is 1.79. The number of nitrogen functional groups attached to an aromatic ring is 1. The fraction of sp³-hybridized carbons (Fsp3) is 0.769. The predicted octanol–water partition coefficient (Wildman–Crippen LogP) is 1.12. The van der Waals surface area contributed by atoms with Crippen LogP contribution in [-0.2, 0) is 11.8 Å². The molecule has 0 bridgehead atoms. The van der Waals surface area contributed by atoms with Crippen LogP contribution in [0.4, 0.5) is 11.5 Å². The number of hydrogen-bond acceptors (Lipinski definition) is 5. The first-order valence-corrected chi connectivity index (χ1v) is 6.72. The highest BCUT2D eigenvalue weighted by Gasteiger charge is 2.15. The number of anilines is 2. The van der Waals surface area contributed by atoms with Gasteiger partial charge in [0.05, 0.1) is 24.6 Å². The maximum Gasteiger partial charge on any atom is 0.147 e. The minimum atomic E-state index is 0.332. The van der Waals surface area contributed by atoms with E-state index in [1.807, 2.05) is 21.1 Å². The maximum absolute atomic E-state index is 6.09. The summed E-state index contributed by atoms with van der Waals surface area (Å²) in [6, 6.07) is 0. The smallest absolute Gasteiger partial charge is 0.147 e. The highest BCUT2D eigenvalue weighted by Crippen LogP contribution is 2.27. The zero-order chi connectivity index (χ0) is 14.4. The van der Waals surface area contributed by atoms with Crippen molar-refractivity contribution in [1.82, 2.24) is 14.7 Å². The van der Waals surface area contributed by atoms with Crippen molar-refractivity contribution in [2.24, 2.45) is 7.05 Å². The van der Waals surface area contributed by atoms with Crippen LogP contribution in [0.25, 0.3) is 0 Å². The van der Waals surface area contributed by atoms with Gasteiger partial charge in [-0.15, -0.1) is 0 Å². The summed E-state index contributed by atoms with van der Waals surface area (Å²) in [5, 5.41) is 7.71. The van der Waals surface area contributed by atoms with E-state index in [2.05, 4.69) is 29.2 Å². The first-order chi connectivity index (χ1) is 8.93. The largest absolute Gasteiger partial charge is 0.394 e. The van der Waals surface area contributed by atoms with Gasteiger partial charge < -0.3 is 20.7 Å². The molecule has 1 heterocycles. The van der Waals surface area contributed by atoms with Crippen LogP contribution in [0.5, 0.6) is 0 Å². The van der Waals surface area contributed by atoms with Crippen LogP contribution in [0, 0.1) is 0 Å². The molecule has 6 heteroatoms. The molecule has 0 spiro atoms. The molecule has 0 radical (unpaired) electrons. The summed E-state index contributed by atoms with van der Waals surface area (Å²) in [5.41, 5.74) is 7.78. The summed E-state index contributed by atoms with van der Waals surface area (Å²) in [6.07, 6.45) is 0. The Morgan fingerprint density at radius 1 is 1.37 bits per heavy atom. The third-order valence-corrected chi connectivity index (χ3v) is 2.88. The summed E-state index contributed by atoms with van der Waals surface area (Å²) >= 11 is 0. The molecule has 0 amide bonds. The SMILES string of the molecule is CC(C)c1nn(C)c(NCCOCCN(C)C)c1N. The van der Waals surface area contributed by atoms with Crippen molar-refractivity contribution in [3.8, 4) is 0 Å². The van der Waals surface area contributed by atoms with Crippen molar-refractivity contribution in [2.45, 2.75) is 19.8 Å². The van der Waals surface area contributed by atoms with E-state index in [1.54, 1.807) is 4.68 Å². The molecule has 0 atom stereocenters. The predicted molar refractivity (Wildman–Crippen MR) is 79.6 cm³/mol. The minimum absolute atomic E-state index is 0.332. The van der Waals surface area contributed by atoms with Crippen LogP contribution in [-0.4, -0.2) is 55.1 Å². The third-order valence-electron chi connectivity index (χ3n) is 2.88. The van der Waals surface area contributed by atoms with Gasteiger partial charge in [-0.25, -0.2) is 0 Å². The lowest BCUT2D eigenvalue weighted by molar-refractivity contribution is 0.126. The second-order valence-corrected chi connectivity index (χ2v) is 5.27. The number of nitrogens with zero attached hydrogens (tertiary/aromatic N) is 3. The van der Waals surface area contributed by atoms with Gasteiger partial charge in [0.1, 0.15) is 5.82 Å². The summed E-state index contributed by atoms with van der Waals surface area (Å²) in [7, 11) is 5.97. The summed E-state index contributed by atoms with van der Waals surface area (Å²) in [5.74, 6) is 1.21. The molecule has 19 heavy (non-hydrogen) atoms. The highest BCUT2D eigenvalue weighted by atomic mass is 16.5. The molecule has 0 aliphatic rings. The number of hydrogen-bond donors (Lipinski definition) is 2. The molecule has 0 aromatic carbocycles. The number of nitrogens with one attached hydrogen (secondary N) is 1. The zero-order valence-corrected chi connectivity index (χ0v) is 12.7. The average molecular weight is 269 g/mol. The second kappa shape index (κ2) is 7.35. The lowest BCUT2D eigenvalue weighted by atomic mass is 10.1. The molecule has 1 rings (SSSR count). The van der Waals surface area contributed by atoms with Crippen molar-refractivity contribution >= 4 is 11.5 Å². The van der Waals surface area contributed by atoms with E-state index >= 15 is 0 Å². The van der Waals surface area contributed by atoms with Crippen LogP contribution in [0.2, 0.25) is 0 Å². The van der Waals surface area contributed by atoms with Crippen LogP contribution < -0.4 is 11.1 Å². The van der Waals surface area contributed by atoms with E-state index < -0.39 is 0 Å². The van der Waals surface area contributed by atoms with Crippen LogP contribution in [0.1, 0.15) is 25.5 Å². The Morgan fingerprint density at radius 2 is 2.05 bits per heavy atom. The Morgan fingerprint density at radius 3 is 2.58 bits per heavy atom. The quantitative estimate of drug-likeness (QED) is 0.692. The third kappa shape index (κ3) is 4.72. The van der Waals surface area contributed by atoms with Gasteiger partial charge >= 0.3 is 0 Å². The van der Waals surface area contributed by atoms with Gasteiger partial charge in [0.15, 0.2) is 0 Å². The standard InChI is InChI=1S/C13H27N5O/c1-10(2)12-11(14)13(18(5)16-12)15-6-8-19-9-7-17(3)4/h10,15H,6-9,14H2,1-5H3. The monoisotopic (exact) mass is 269 g/mol. The van der Waals surface area contributed by atoms with E-state index in [-0.39, 0.29) is 0 Å². The molecule has 0 saturated carbocycles. The minimum Gasteiger partial charge on any atom is -0.394 e. The molecule has 1 aromatic rings. The van der Waals surface area contributed by atoms with Gasteiger partial charge in [-0.3, -0.25) is 4.68 Å². The van der Waals surface area contributed by atoms with Crippen molar-refractivity contribution in [3.05, 3.63) is 5.69 Å². The van der Waals surface area contributed by atoms with Crippen LogP contribution in [0.15, 0.2) is 0 Å². The Kier molecular flexibility index (Phi) is 6.11. The van der Waals surface area contributed by atoms with Gasteiger partial charge in [-0.1, -0.05) is 13.8 Å². The second-order valence-electron chi connectivity index (χ2n) is 5.27. The molecular weight excluding hydrogens is 242 g/mol. The van der Waals surface area contributed by atoms with Crippen molar-refractivity contribution < 1.29 is 4.74 Å². The first kappa shape index (κ1) is 15.8. The lowest BCUT2D eigenvalue weighted by Gasteiger charge is -2.11. The van der Waals surface area contributed by atoms with Crippen molar-refractivity contribution in [3.63, 3.8) is 0 Å². The number of aryl methyl sites for hydroxylation is 1.